The van der Waals surface area contributed by atoms with Gasteiger partial charge in [0, 0.05) is 12.1 Å². The lowest BCUT2D eigenvalue weighted by atomic mass is 9.81. The maximum atomic E-state index is 13.4. The van der Waals surface area contributed by atoms with Gasteiger partial charge in [0.1, 0.15) is 6.04 Å². The predicted molar refractivity (Wildman–Crippen MR) is 118 cm³/mol. The van der Waals surface area contributed by atoms with Gasteiger partial charge in [-0.2, -0.15) is 0 Å². The highest BCUT2D eigenvalue weighted by Gasteiger charge is 2.62. The van der Waals surface area contributed by atoms with E-state index in [1.54, 1.807) is 0 Å². The van der Waals surface area contributed by atoms with Crippen LogP contribution in [0.4, 0.5) is 5.69 Å². The molecular formula is C26H28N2O3. The number of nitrogens with one attached hydrogen (secondary N) is 1. The fourth-order valence-electron chi connectivity index (χ4n) is 5.92. The zero-order valence-electron chi connectivity index (χ0n) is 18.0. The lowest BCUT2D eigenvalue weighted by Gasteiger charge is -2.27. The molecule has 0 aromatic heterocycles. The largest absolute Gasteiger partial charge is 0.324 e. The Balaban J connectivity index is 1.45. The standard InChI is InChI=1S/C26H28N2O3/c1-15-8-11-20(12-16(15)2)27-24(29)21(13-17-6-4-3-5-7-17)28-25(30)22-18-9-10-19(14-18)23(22)26(28)31/h3-8,11-12,18-19,21-23H,9-10,13-14H2,1-2H3,(H,27,29)/t18-,19+,21-,22+,23+/m1/s1. The van der Waals surface area contributed by atoms with Gasteiger partial charge in [-0.25, -0.2) is 0 Å². The highest BCUT2D eigenvalue weighted by molar-refractivity contribution is 6.10. The van der Waals surface area contributed by atoms with Crippen LogP contribution in [-0.4, -0.2) is 28.7 Å². The summed E-state index contributed by atoms with van der Waals surface area (Å²) in [5, 5.41) is 2.97. The number of hydrogen-bond acceptors (Lipinski definition) is 3. The van der Waals surface area contributed by atoms with Crippen LogP contribution in [0.1, 0.15) is 36.0 Å². The maximum Gasteiger partial charge on any atom is 0.248 e. The third kappa shape index (κ3) is 3.36. The van der Waals surface area contributed by atoms with Crippen LogP contribution in [0.15, 0.2) is 48.5 Å². The van der Waals surface area contributed by atoms with Crippen molar-refractivity contribution in [1.29, 1.82) is 0 Å². The van der Waals surface area contributed by atoms with Gasteiger partial charge in [-0.1, -0.05) is 36.4 Å². The third-order valence-electron chi connectivity index (χ3n) is 7.62. The summed E-state index contributed by atoms with van der Waals surface area (Å²) in [7, 11) is 0. The Morgan fingerprint density at radius 3 is 2.23 bits per heavy atom. The smallest absolute Gasteiger partial charge is 0.248 e. The molecule has 2 aliphatic carbocycles. The molecule has 160 valence electrons. The number of rotatable bonds is 5. The van der Waals surface area contributed by atoms with Gasteiger partial charge in [-0.15, -0.1) is 0 Å². The molecule has 3 fully saturated rings. The maximum absolute atomic E-state index is 13.4. The number of anilines is 1. The van der Waals surface area contributed by atoms with Gasteiger partial charge in [0.2, 0.25) is 17.7 Å². The van der Waals surface area contributed by atoms with Crippen molar-refractivity contribution in [3.8, 4) is 0 Å². The topological polar surface area (TPSA) is 66.5 Å². The van der Waals surface area contributed by atoms with Gasteiger partial charge in [0.25, 0.3) is 0 Å². The van der Waals surface area contributed by atoms with E-state index in [4.69, 9.17) is 0 Å². The number of likely N-dealkylation sites (tertiary alicyclic amines) is 1. The molecule has 1 N–H and O–H groups in total. The number of imide groups is 1. The Kier molecular flexibility index (Phi) is 4.92. The molecule has 1 aliphatic heterocycles. The van der Waals surface area contributed by atoms with Gasteiger partial charge in [-0.3, -0.25) is 19.3 Å². The summed E-state index contributed by atoms with van der Waals surface area (Å²) in [6, 6.07) is 14.5. The van der Waals surface area contributed by atoms with E-state index >= 15 is 0 Å². The SMILES string of the molecule is Cc1ccc(NC(=O)[C@@H](Cc2ccccc2)N2C(=O)[C@H]3[C@@H]4CC[C@@H](C4)[C@@H]3C2=O)cc1C. The molecule has 2 aromatic carbocycles. The summed E-state index contributed by atoms with van der Waals surface area (Å²) in [6.45, 7) is 4.02. The first kappa shape index (κ1) is 20.0. The predicted octanol–water partition coefficient (Wildman–Crippen LogP) is 3.88. The van der Waals surface area contributed by atoms with Crippen molar-refractivity contribution in [2.24, 2.45) is 23.7 Å². The summed E-state index contributed by atoms with van der Waals surface area (Å²) in [5.41, 5.74) is 3.85. The van der Waals surface area contributed by atoms with E-state index in [1.807, 2.05) is 62.4 Å². The van der Waals surface area contributed by atoms with Crippen LogP contribution in [0.3, 0.4) is 0 Å². The highest BCUT2D eigenvalue weighted by atomic mass is 16.2. The Bertz CT molecular complexity index is 1020. The molecule has 1 heterocycles. The van der Waals surface area contributed by atoms with Crippen molar-refractivity contribution in [2.45, 2.75) is 45.6 Å². The zero-order chi connectivity index (χ0) is 21.7. The number of benzene rings is 2. The van der Waals surface area contributed by atoms with E-state index in [-0.39, 0.29) is 29.6 Å². The molecule has 0 spiro atoms. The highest BCUT2D eigenvalue weighted by Crippen LogP contribution is 2.56. The van der Waals surface area contributed by atoms with Crippen molar-refractivity contribution in [3.63, 3.8) is 0 Å². The third-order valence-corrected chi connectivity index (χ3v) is 7.62. The zero-order valence-corrected chi connectivity index (χ0v) is 18.0. The average molecular weight is 417 g/mol. The molecule has 31 heavy (non-hydrogen) atoms. The van der Waals surface area contributed by atoms with Gasteiger partial charge >= 0.3 is 0 Å². The van der Waals surface area contributed by atoms with E-state index in [9.17, 15) is 14.4 Å². The average Bonchev–Trinajstić information content (AvgIpc) is 3.44. The monoisotopic (exact) mass is 416 g/mol. The second-order valence-corrected chi connectivity index (χ2v) is 9.43. The van der Waals surface area contributed by atoms with Crippen LogP contribution in [0, 0.1) is 37.5 Å². The van der Waals surface area contributed by atoms with Gasteiger partial charge in [-0.05, 0) is 73.8 Å². The van der Waals surface area contributed by atoms with Gasteiger partial charge in [0.05, 0.1) is 11.8 Å². The first-order valence-corrected chi connectivity index (χ1v) is 11.2. The molecule has 5 rings (SSSR count). The Morgan fingerprint density at radius 2 is 1.61 bits per heavy atom. The number of fused-ring (bicyclic) bond motifs is 5. The quantitative estimate of drug-likeness (QED) is 0.752. The van der Waals surface area contributed by atoms with Crippen LogP contribution >= 0.6 is 0 Å². The van der Waals surface area contributed by atoms with E-state index in [2.05, 4.69) is 5.32 Å². The second kappa shape index (κ2) is 7.63. The fourth-order valence-corrected chi connectivity index (χ4v) is 5.92. The molecule has 2 bridgehead atoms. The molecule has 5 nitrogen and oxygen atoms in total. The van der Waals surface area contributed by atoms with Gasteiger partial charge < -0.3 is 5.32 Å². The molecule has 0 unspecified atom stereocenters. The summed E-state index contributed by atoms with van der Waals surface area (Å²) >= 11 is 0. The van der Waals surface area contributed by atoms with E-state index < -0.39 is 6.04 Å². The number of hydrogen-bond donors (Lipinski definition) is 1. The summed E-state index contributed by atoms with van der Waals surface area (Å²) < 4.78 is 0. The van der Waals surface area contributed by atoms with E-state index in [0.717, 1.165) is 36.0 Å². The molecule has 1 saturated heterocycles. The fraction of sp³-hybridized carbons (Fsp3) is 0.423. The minimum Gasteiger partial charge on any atom is -0.324 e. The Labute approximate surface area is 182 Å². The number of aryl methyl sites for hydroxylation is 2. The van der Waals surface area contributed by atoms with E-state index in [0.29, 0.717) is 23.9 Å². The lowest BCUT2D eigenvalue weighted by Crippen LogP contribution is -2.49. The number of amides is 3. The Hall–Kier alpha value is -2.95. The Morgan fingerprint density at radius 1 is 0.968 bits per heavy atom. The van der Waals surface area contributed by atoms with Crippen molar-refractivity contribution in [3.05, 3.63) is 65.2 Å². The molecule has 2 saturated carbocycles. The first-order valence-electron chi connectivity index (χ1n) is 11.2. The number of carbonyl (C=O) groups is 3. The minimum atomic E-state index is -0.839. The van der Waals surface area contributed by atoms with Crippen LogP contribution in [0.2, 0.25) is 0 Å². The molecule has 3 amide bonds. The lowest BCUT2D eigenvalue weighted by molar-refractivity contribution is -0.147. The van der Waals surface area contributed by atoms with Crippen molar-refractivity contribution < 1.29 is 14.4 Å². The normalized spacial score (nSPS) is 27.5. The molecule has 0 radical (unpaired) electrons. The molecule has 5 atom stereocenters. The van der Waals surface area contributed by atoms with Crippen LogP contribution in [0.5, 0.6) is 0 Å². The van der Waals surface area contributed by atoms with Crippen LogP contribution in [-0.2, 0) is 20.8 Å². The molecule has 5 heteroatoms. The summed E-state index contributed by atoms with van der Waals surface area (Å²) in [5.74, 6) is -0.427. The number of nitrogens with zero attached hydrogens (tertiary/aromatic N) is 1. The van der Waals surface area contributed by atoms with Crippen molar-refractivity contribution in [1.82, 2.24) is 4.90 Å². The molecule has 2 aromatic rings. The summed E-state index contributed by atoms with van der Waals surface area (Å²) in [4.78, 5) is 41.5. The molecule has 3 aliphatic rings. The first-order chi connectivity index (χ1) is 14.9. The number of carbonyl (C=O) groups excluding carboxylic acids is 3. The van der Waals surface area contributed by atoms with Crippen molar-refractivity contribution in [2.75, 3.05) is 5.32 Å². The van der Waals surface area contributed by atoms with Crippen molar-refractivity contribution >= 4 is 23.4 Å². The van der Waals surface area contributed by atoms with E-state index in [1.165, 1.54) is 4.90 Å². The van der Waals surface area contributed by atoms with Crippen LogP contribution < -0.4 is 5.32 Å². The van der Waals surface area contributed by atoms with Gasteiger partial charge in [0.15, 0.2) is 0 Å². The minimum absolute atomic E-state index is 0.140. The molecular weight excluding hydrogens is 388 g/mol. The summed E-state index contributed by atoms with van der Waals surface area (Å²) in [6.07, 6.45) is 3.36. The second-order valence-electron chi connectivity index (χ2n) is 9.43. The van der Waals surface area contributed by atoms with Crippen LogP contribution in [0.25, 0.3) is 0 Å².